The van der Waals surface area contributed by atoms with Gasteiger partial charge in [-0.05, 0) is 55.5 Å². The number of hydrogen-bond donors (Lipinski definition) is 1. The zero-order valence-electron chi connectivity index (χ0n) is 11.1. The van der Waals surface area contributed by atoms with Crippen molar-refractivity contribution in [3.8, 4) is 5.75 Å². The van der Waals surface area contributed by atoms with Gasteiger partial charge in [0.05, 0.1) is 10.4 Å². The van der Waals surface area contributed by atoms with Crippen LogP contribution in [-0.2, 0) is 10.0 Å². The highest BCUT2D eigenvalue weighted by atomic mass is 35.5. The Morgan fingerprint density at radius 2 is 1.71 bits per heavy atom. The van der Waals surface area contributed by atoms with Crippen molar-refractivity contribution in [1.29, 1.82) is 0 Å². The number of aromatic nitrogens is 1. The Bertz CT molecular complexity index is 927. The molecule has 0 saturated carbocycles. The second-order valence-corrected chi connectivity index (χ2v) is 6.98. The number of hydrogen-bond acceptors (Lipinski definition) is 3. The highest BCUT2D eigenvalue weighted by Crippen LogP contribution is 2.28. The summed E-state index contributed by atoms with van der Waals surface area (Å²) in [5.74, 6) is 0.101. The monoisotopic (exact) mass is 321 g/mol. The van der Waals surface area contributed by atoms with Crippen molar-refractivity contribution in [2.45, 2.75) is 11.8 Å². The molecule has 3 rings (SSSR count). The first-order valence-corrected chi connectivity index (χ1v) is 8.03. The van der Waals surface area contributed by atoms with Crippen LogP contribution in [0.15, 0.2) is 53.4 Å². The average molecular weight is 322 g/mol. The largest absolute Gasteiger partial charge is 0.508 e. The summed E-state index contributed by atoms with van der Waals surface area (Å²) >= 11 is 5.80. The van der Waals surface area contributed by atoms with E-state index in [1.54, 1.807) is 31.2 Å². The van der Waals surface area contributed by atoms with Crippen LogP contribution in [0.1, 0.15) is 5.69 Å². The average Bonchev–Trinajstić information content (AvgIpc) is 2.74. The topological polar surface area (TPSA) is 59.3 Å². The molecular formula is C15H12ClNO3S. The summed E-state index contributed by atoms with van der Waals surface area (Å²) in [6, 6.07) is 12.4. The number of nitrogens with zero attached hydrogens (tertiary/aromatic N) is 1. The van der Waals surface area contributed by atoms with Crippen molar-refractivity contribution >= 4 is 32.5 Å². The molecule has 0 fully saturated rings. The number of fused-ring (bicyclic) bond motifs is 1. The molecule has 1 aromatic heterocycles. The quantitative estimate of drug-likeness (QED) is 0.785. The van der Waals surface area contributed by atoms with Crippen molar-refractivity contribution in [1.82, 2.24) is 3.97 Å². The Hall–Kier alpha value is -1.98. The molecule has 2 aromatic carbocycles. The molecule has 4 nitrogen and oxygen atoms in total. The van der Waals surface area contributed by atoms with Gasteiger partial charge in [-0.25, -0.2) is 12.4 Å². The number of rotatable bonds is 2. The molecule has 0 bridgehead atoms. The van der Waals surface area contributed by atoms with Crippen LogP contribution in [0.5, 0.6) is 5.75 Å². The first-order valence-electron chi connectivity index (χ1n) is 6.22. The van der Waals surface area contributed by atoms with Gasteiger partial charge in [-0.2, -0.15) is 0 Å². The highest BCUT2D eigenvalue weighted by molar-refractivity contribution is 7.90. The minimum atomic E-state index is -3.71. The molecule has 3 aromatic rings. The van der Waals surface area contributed by atoms with Crippen LogP contribution in [0.25, 0.3) is 10.9 Å². The van der Waals surface area contributed by atoms with Gasteiger partial charge in [0.2, 0.25) is 0 Å². The van der Waals surface area contributed by atoms with E-state index in [1.165, 1.54) is 28.2 Å². The maximum absolute atomic E-state index is 12.8. The van der Waals surface area contributed by atoms with E-state index in [1.807, 2.05) is 0 Å². The van der Waals surface area contributed by atoms with Crippen LogP contribution in [0.4, 0.5) is 0 Å². The number of benzene rings is 2. The maximum Gasteiger partial charge on any atom is 0.268 e. The zero-order chi connectivity index (χ0) is 15.2. The molecule has 0 aliphatic heterocycles. The smallest absolute Gasteiger partial charge is 0.268 e. The first kappa shape index (κ1) is 14.0. The Balaban J connectivity index is 2.28. The van der Waals surface area contributed by atoms with E-state index in [2.05, 4.69) is 0 Å². The summed E-state index contributed by atoms with van der Waals surface area (Å²) in [6.45, 7) is 1.71. The van der Waals surface area contributed by atoms with Crippen LogP contribution >= 0.6 is 11.6 Å². The van der Waals surface area contributed by atoms with Gasteiger partial charge in [-0.1, -0.05) is 11.6 Å². The van der Waals surface area contributed by atoms with Gasteiger partial charge in [0.15, 0.2) is 0 Å². The molecule has 0 aliphatic carbocycles. The van der Waals surface area contributed by atoms with Crippen LogP contribution in [0.2, 0.25) is 5.02 Å². The van der Waals surface area contributed by atoms with Crippen LogP contribution in [-0.4, -0.2) is 17.5 Å². The minimum absolute atomic E-state index is 0.101. The van der Waals surface area contributed by atoms with E-state index < -0.39 is 10.0 Å². The molecule has 0 unspecified atom stereocenters. The van der Waals surface area contributed by atoms with E-state index in [-0.39, 0.29) is 10.6 Å². The fourth-order valence-corrected chi connectivity index (χ4v) is 4.02. The number of phenolic OH excluding ortho intramolecular Hbond substituents is 1. The summed E-state index contributed by atoms with van der Waals surface area (Å²) in [4.78, 5) is 0.167. The third-order valence-electron chi connectivity index (χ3n) is 3.27. The SMILES string of the molecule is Cc1cc2cc(O)ccc2n1S(=O)(=O)c1ccc(Cl)cc1. The molecule has 0 spiro atoms. The number of phenols is 1. The molecule has 0 radical (unpaired) electrons. The van der Waals surface area contributed by atoms with E-state index in [9.17, 15) is 13.5 Å². The third kappa shape index (κ3) is 2.28. The summed E-state index contributed by atoms with van der Waals surface area (Å²) in [5, 5.41) is 10.7. The number of aromatic hydroxyl groups is 1. The van der Waals surface area contributed by atoms with Gasteiger partial charge in [0, 0.05) is 16.1 Å². The molecule has 21 heavy (non-hydrogen) atoms. The van der Waals surface area contributed by atoms with Crippen molar-refractivity contribution in [3.63, 3.8) is 0 Å². The summed E-state index contributed by atoms with van der Waals surface area (Å²) in [5.41, 5.74) is 1.10. The number of halogens is 1. The van der Waals surface area contributed by atoms with Gasteiger partial charge in [-0.15, -0.1) is 0 Å². The van der Waals surface area contributed by atoms with Crippen LogP contribution in [0.3, 0.4) is 0 Å². The first-order chi connectivity index (χ1) is 9.89. The molecule has 0 saturated heterocycles. The van der Waals surface area contributed by atoms with Crippen LogP contribution < -0.4 is 0 Å². The fourth-order valence-electron chi connectivity index (χ4n) is 2.35. The van der Waals surface area contributed by atoms with Crippen molar-refractivity contribution in [2.24, 2.45) is 0 Å². The number of aryl methyl sites for hydroxylation is 1. The molecule has 0 aliphatic rings. The predicted octanol–water partition coefficient (Wildman–Crippen LogP) is 3.55. The Morgan fingerprint density at radius 3 is 2.38 bits per heavy atom. The molecule has 108 valence electrons. The van der Waals surface area contributed by atoms with Gasteiger partial charge < -0.3 is 5.11 Å². The van der Waals surface area contributed by atoms with Gasteiger partial charge in [0.25, 0.3) is 10.0 Å². The van der Waals surface area contributed by atoms with Crippen LogP contribution in [0, 0.1) is 6.92 Å². The lowest BCUT2D eigenvalue weighted by atomic mass is 10.2. The van der Waals surface area contributed by atoms with E-state index >= 15 is 0 Å². The molecule has 1 N–H and O–H groups in total. The highest BCUT2D eigenvalue weighted by Gasteiger charge is 2.21. The third-order valence-corrected chi connectivity index (χ3v) is 5.35. The lowest BCUT2D eigenvalue weighted by molar-refractivity contribution is 0.476. The predicted molar refractivity (Wildman–Crippen MR) is 82.4 cm³/mol. The van der Waals surface area contributed by atoms with Crippen molar-refractivity contribution in [3.05, 3.63) is 59.2 Å². The standard InChI is InChI=1S/C15H12ClNO3S/c1-10-8-11-9-13(18)4-7-15(11)17(10)21(19,20)14-5-2-12(16)3-6-14/h2-9,18H,1H3. The Labute approximate surface area is 127 Å². The summed E-state index contributed by atoms with van der Waals surface area (Å²) in [6.07, 6.45) is 0. The summed E-state index contributed by atoms with van der Waals surface area (Å²) < 4.78 is 26.8. The maximum atomic E-state index is 12.8. The lowest BCUT2D eigenvalue weighted by Crippen LogP contribution is -2.14. The minimum Gasteiger partial charge on any atom is -0.508 e. The molecule has 0 atom stereocenters. The molecule has 6 heteroatoms. The van der Waals surface area contributed by atoms with Crippen molar-refractivity contribution in [2.75, 3.05) is 0 Å². The van der Waals surface area contributed by atoms with E-state index in [0.717, 1.165) is 0 Å². The fraction of sp³-hybridized carbons (Fsp3) is 0.0667. The molecular weight excluding hydrogens is 310 g/mol. The second-order valence-electron chi connectivity index (χ2n) is 4.75. The van der Waals surface area contributed by atoms with Crippen molar-refractivity contribution < 1.29 is 13.5 Å². The Kier molecular flexibility index (Phi) is 3.19. The van der Waals surface area contributed by atoms with E-state index in [0.29, 0.717) is 21.6 Å². The summed E-state index contributed by atoms with van der Waals surface area (Å²) in [7, 11) is -3.71. The zero-order valence-corrected chi connectivity index (χ0v) is 12.7. The van der Waals surface area contributed by atoms with Gasteiger partial charge in [-0.3, -0.25) is 0 Å². The van der Waals surface area contributed by atoms with Gasteiger partial charge >= 0.3 is 0 Å². The second kappa shape index (κ2) is 4.79. The lowest BCUT2D eigenvalue weighted by Gasteiger charge is -2.10. The normalized spacial score (nSPS) is 11.9. The molecule has 1 heterocycles. The van der Waals surface area contributed by atoms with Gasteiger partial charge in [0.1, 0.15) is 5.75 Å². The molecule has 0 amide bonds. The van der Waals surface area contributed by atoms with E-state index in [4.69, 9.17) is 11.6 Å². The Morgan fingerprint density at radius 1 is 1.05 bits per heavy atom.